The van der Waals surface area contributed by atoms with E-state index in [2.05, 4.69) is 18.3 Å². The van der Waals surface area contributed by atoms with Crippen molar-refractivity contribution in [3.63, 3.8) is 0 Å². The van der Waals surface area contributed by atoms with Crippen molar-refractivity contribution in [3.05, 3.63) is 29.3 Å². The highest BCUT2D eigenvalue weighted by Gasteiger charge is 2.24. The van der Waals surface area contributed by atoms with Crippen molar-refractivity contribution in [2.24, 2.45) is 11.7 Å². The van der Waals surface area contributed by atoms with E-state index in [1.165, 1.54) is 18.4 Å². The molecule has 3 heteroatoms. The van der Waals surface area contributed by atoms with E-state index in [-0.39, 0.29) is 11.9 Å². The van der Waals surface area contributed by atoms with Gasteiger partial charge in [-0.3, -0.25) is 4.79 Å². The van der Waals surface area contributed by atoms with Gasteiger partial charge in [0.25, 0.3) is 0 Å². The summed E-state index contributed by atoms with van der Waals surface area (Å²) in [5.41, 5.74) is 9.45. The van der Waals surface area contributed by atoms with Crippen molar-refractivity contribution in [2.45, 2.75) is 58.4 Å². The number of carbonyl (C=O) groups is 1. The van der Waals surface area contributed by atoms with Crippen molar-refractivity contribution >= 4 is 11.6 Å². The third-order valence-corrected chi connectivity index (χ3v) is 4.42. The van der Waals surface area contributed by atoms with Crippen molar-refractivity contribution in [3.8, 4) is 0 Å². The fraction of sp³-hybridized carbons (Fsp3) is 0.588. The molecule has 3 nitrogen and oxygen atoms in total. The molecule has 0 heterocycles. The molecular formula is C17H26N2O. The highest BCUT2D eigenvalue weighted by Crippen LogP contribution is 2.27. The molecule has 2 rings (SSSR count). The van der Waals surface area contributed by atoms with Crippen LogP contribution in [0.25, 0.3) is 0 Å². The first-order chi connectivity index (χ1) is 9.61. The number of hydrogen-bond donors (Lipinski definition) is 2. The predicted octanol–water partition coefficient (Wildman–Crippen LogP) is 3.40. The lowest BCUT2D eigenvalue weighted by Gasteiger charge is -2.28. The lowest BCUT2D eigenvalue weighted by Crippen LogP contribution is -2.35. The zero-order chi connectivity index (χ0) is 14.5. The minimum absolute atomic E-state index is 0.108. The van der Waals surface area contributed by atoms with Crippen LogP contribution in [0.1, 0.15) is 50.2 Å². The Balaban J connectivity index is 2.01. The number of rotatable bonds is 4. The Morgan fingerprint density at radius 3 is 2.80 bits per heavy atom. The van der Waals surface area contributed by atoms with E-state index in [0.29, 0.717) is 12.3 Å². The zero-order valence-corrected chi connectivity index (χ0v) is 12.6. The van der Waals surface area contributed by atoms with E-state index in [9.17, 15) is 4.79 Å². The number of amides is 1. The van der Waals surface area contributed by atoms with Crippen LogP contribution in [0.4, 0.5) is 5.69 Å². The van der Waals surface area contributed by atoms with Crippen LogP contribution in [-0.2, 0) is 11.2 Å². The first kappa shape index (κ1) is 15.0. The largest absolute Gasteiger partial charge is 0.327 e. The molecule has 2 unspecified atom stereocenters. The second-order valence-electron chi connectivity index (χ2n) is 5.92. The smallest absolute Gasteiger partial charge is 0.224 e. The number of anilines is 1. The summed E-state index contributed by atoms with van der Waals surface area (Å²) in [6.07, 6.45) is 6.04. The molecule has 0 spiro atoms. The third-order valence-electron chi connectivity index (χ3n) is 4.42. The first-order valence-electron chi connectivity index (χ1n) is 7.75. The molecule has 0 aliphatic heterocycles. The van der Waals surface area contributed by atoms with Gasteiger partial charge in [0.15, 0.2) is 0 Å². The molecule has 0 saturated heterocycles. The van der Waals surface area contributed by atoms with Crippen LogP contribution in [0.2, 0.25) is 0 Å². The molecule has 1 amide bonds. The van der Waals surface area contributed by atoms with Gasteiger partial charge in [-0.05, 0) is 43.2 Å². The van der Waals surface area contributed by atoms with Crippen molar-refractivity contribution in [1.29, 1.82) is 0 Å². The maximum Gasteiger partial charge on any atom is 0.224 e. The predicted molar refractivity (Wildman–Crippen MR) is 83.7 cm³/mol. The van der Waals surface area contributed by atoms with E-state index in [0.717, 1.165) is 30.5 Å². The maximum absolute atomic E-state index is 12.3. The number of carbonyl (C=O) groups excluding carboxylic acids is 1. The minimum Gasteiger partial charge on any atom is -0.327 e. The number of nitrogens with two attached hydrogens (primary N) is 1. The van der Waals surface area contributed by atoms with Crippen LogP contribution < -0.4 is 11.1 Å². The summed E-state index contributed by atoms with van der Waals surface area (Å²) in [7, 11) is 0. The molecule has 1 aliphatic rings. The Morgan fingerprint density at radius 2 is 2.10 bits per heavy atom. The fourth-order valence-corrected chi connectivity index (χ4v) is 3.12. The lowest BCUT2D eigenvalue weighted by molar-refractivity contribution is -0.117. The van der Waals surface area contributed by atoms with Crippen LogP contribution in [0.15, 0.2) is 18.2 Å². The van der Waals surface area contributed by atoms with Crippen LogP contribution in [0, 0.1) is 12.8 Å². The van der Waals surface area contributed by atoms with Gasteiger partial charge in [0.1, 0.15) is 0 Å². The Bertz CT molecular complexity index is 470. The average molecular weight is 274 g/mol. The molecule has 0 aromatic heterocycles. The van der Waals surface area contributed by atoms with Crippen molar-refractivity contribution in [1.82, 2.24) is 0 Å². The van der Waals surface area contributed by atoms with Gasteiger partial charge in [-0.15, -0.1) is 0 Å². The monoisotopic (exact) mass is 274 g/mol. The molecule has 1 aromatic rings. The SMILES string of the molecule is CCc1cccc(C)c1NC(=O)CC1CCCCC1N. The van der Waals surface area contributed by atoms with Crippen LogP contribution >= 0.6 is 0 Å². The quantitative estimate of drug-likeness (QED) is 0.884. The molecule has 20 heavy (non-hydrogen) atoms. The third kappa shape index (κ3) is 3.60. The fourth-order valence-electron chi connectivity index (χ4n) is 3.12. The normalized spacial score (nSPS) is 22.6. The van der Waals surface area contributed by atoms with Gasteiger partial charge in [-0.2, -0.15) is 0 Å². The van der Waals surface area contributed by atoms with E-state index in [4.69, 9.17) is 5.73 Å². The van der Waals surface area contributed by atoms with Gasteiger partial charge in [0.2, 0.25) is 5.91 Å². The number of aryl methyl sites for hydroxylation is 2. The topological polar surface area (TPSA) is 55.1 Å². The molecule has 0 bridgehead atoms. The zero-order valence-electron chi connectivity index (χ0n) is 12.6. The summed E-state index contributed by atoms with van der Waals surface area (Å²) in [6.45, 7) is 4.16. The van der Waals surface area contributed by atoms with Crippen LogP contribution in [0.3, 0.4) is 0 Å². The summed E-state index contributed by atoms with van der Waals surface area (Å²) in [4.78, 5) is 12.3. The van der Waals surface area contributed by atoms with E-state index < -0.39 is 0 Å². The van der Waals surface area contributed by atoms with Gasteiger partial charge in [0, 0.05) is 18.2 Å². The second-order valence-corrected chi connectivity index (χ2v) is 5.92. The second kappa shape index (κ2) is 6.89. The first-order valence-corrected chi connectivity index (χ1v) is 7.75. The standard InChI is InChI=1S/C17H26N2O/c1-3-13-9-6-7-12(2)17(13)19-16(20)11-14-8-4-5-10-15(14)18/h6-7,9,14-15H,3-5,8,10-11,18H2,1-2H3,(H,19,20). The molecule has 1 aliphatic carbocycles. The summed E-state index contributed by atoms with van der Waals surface area (Å²) in [5.74, 6) is 0.453. The maximum atomic E-state index is 12.3. The summed E-state index contributed by atoms with van der Waals surface area (Å²) < 4.78 is 0. The Hall–Kier alpha value is -1.35. The average Bonchev–Trinajstić information content (AvgIpc) is 2.43. The highest BCUT2D eigenvalue weighted by atomic mass is 16.1. The van der Waals surface area contributed by atoms with Gasteiger partial charge >= 0.3 is 0 Å². The molecule has 1 fully saturated rings. The van der Waals surface area contributed by atoms with Gasteiger partial charge < -0.3 is 11.1 Å². The molecule has 0 radical (unpaired) electrons. The van der Waals surface area contributed by atoms with Gasteiger partial charge in [-0.25, -0.2) is 0 Å². The van der Waals surface area contributed by atoms with Crippen molar-refractivity contribution in [2.75, 3.05) is 5.32 Å². The molecule has 110 valence electrons. The lowest BCUT2D eigenvalue weighted by atomic mass is 9.83. The Labute approximate surface area is 121 Å². The summed E-state index contributed by atoms with van der Waals surface area (Å²) in [5, 5.41) is 3.10. The molecule has 1 aromatic carbocycles. The number of hydrogen-bond acceptors (Lipinski definition) is 2. The molecule has 2 atom stereocenters. The Morgan fingerprint density at radius 1 is 1.35 bits per heavy atom. The van der Waals surface area contributed by atoms with Crippen LogP contribution in [-0.4, -0.2) is 11.9 Å². The summed E-state index contributed by atoms with van der Waals surface area (Å²) >= 11 is 0. The molecular weight excluding hydrogens is 248 g/mol. The van der Waals surface area contributed by atoms with E-state index >= 15 is 0 Å². The highest BCUT2D eigenvalue weighted by molar-refractivity contribution is 5.92. The van der Waals surface area contributed by atoms with Crippen molar-refractivity contribution < 1.29 is 4.79 Å². The number of benzene rings is 1. The van der Waals surface area contributed by atoms with Crippen LogP contribution in [0.5, 0.6) is 0 Å². The van der Waals surface area contributed by atoms with Gasteiger partial charge in [0.05, 0.1) is 0 Å². The molecule has 1 saturated carbocycles. The van der Waals surface area contributed by atoms with E-state index in [1.54, 1.807) is 0 Å². The molecule has 3 N–H and O–H groups in total. The Kier molecular flexibility index (Phi) is 5.18. The minimum atomic E-state index is 0.108. The number of nitrogens with one attached hydrogen (secondary N) is 1. The number of para-hydroxylation sites is 1. The van der Waals surface area contributed by atoms with E-state index in [1.807, 2.05) is 19.1 Å². The summed E-state index contributed by atoms with van der Waals surface area (Å²) in [6, 6.07) is 6.36. The van der Waals surface area contributed by atoms with Gasteiger partial charge in [-0.1, -0.05) is 38.0 Å².